The minimum Gasteiger partial charge on any atom is -0.394 e. The van der Waals surface area contributed by atoms with Crippen LogP contribution in [0.2, 0.25) is 0 Å². The van der Waals surface area contributed by atoms with E-state index in [2.05, 4.69) is 0 Å². The van der Waals surface area contributed by atoms with Gasteiger partial charge in [0.2, 0.25) is 0 Å². The molecule has 0 saturated carbocycles. The van der Waals surface area contributed by atoms with Crippen LogP contribution in [0.4, 0.5) is 0 Å². The zero-order valence-corrected chi connectivity index (χ0v) is 40.5. The van der Waals surface area contributed by atoms with Crippen molar-refractivity contribution < 1.29 is 163 Å². The summed E-state index contributed by atoms with van der Waals surface area (Å²) >= 11 is 0. The zero-order chi connectivity index (χ0) is 56.1. The number of ether oxygens (including phenoxy) is 14. The Labute approximate surface area is 435 Å². The van der Waals surface area contributed by atoms with Gasteiger partial charge in [-0.1, -0.05) is 0 Å². The summed E-state index contributed by atoms with van der Waals surface area (Å²) in [5.74, 6) is 0. The summed E-state index contributed by atoms with van der Waals surface area (Å²) in [4.78, 5) is 0. The van der Waals surface area contributed by atoms with E-state index in [1.54, 1.807) is 0 Å². The van der Waals surface area contributed by atoms with Gasteiger partial charge in [-0.05, 0) is 0 Å². The molecule has 0 aromatic rings. The molecule has 35 atom stereocenters. The Bertz CT molecular complexity index is 1480. The molecule has 21 rings (SSSR count). The Hall–Kier alpha value is -1.40. The topological polar surface area (TPSA) is 566 Å². The fourth-order valence-electron chi connectivity index (χ4n) is 10.5. The lowest BCUT2D eigenvalue weighted by Crippen LogP contribution is -2.70. The van der Waals surface area contributed by atoms with Crippen LogP contribution in [0.1, 0.15) is 0 Å². The Balaban J connectivity index is 1.08. The van der Waals surface area contributed by atoms with Crippen molar-refractivity contribution in [3.05, 3.63) is 0 Å². The molecule has 0 spiro atoms. The van der Waals surface area contributed by atoms with Gasteiger partial charge in [-0.3, -0.25) is 0 Å². The Morgan fingerprint density at radius 2 is 0.338 bits per heavy atom. The van der Waals surface area contributed by atoms with Crippen molar-refractivity contribution in [2.45, 2.75) is 215 Å². The molecule has 35 heteroatoms. The van der Waals surface area contributed by atoms with Crippen LogP contribution in [-0.2, 0) is 66.3 Å². The molecule has 0 amide bonds. The maximum absolute atomic E-state index is 11.4. The first-order chi connectivity index (χ1) is 36.7. The highest BCUT2D eigenvalue weighted by Gasteiger charge is 2.59. The first-order valence-electron chi connectivity index (χ1n) is 24.8. The summed E-state index contributed by atoms with van der Waals surface area (Å²) < 4.78 is 80.4. The molecule has 21 fully saturated rings. The molecule has 77 heavy (non-hydrogen) atoms. The molecule has 0 aromatic heterocycles. The van der Waals surface area contributed by atoms with Crippen LogP contribution >= 0.6 is 0 Å². The van der Waals surface area contributed by atoms with Gasteiger partial charge in [0.1, 0.15) is 159 Å². The number of aliphatic hydroxyl groups is 19. The van der Waals surface area contributed by atoms with E-state index in [1.165, 1.54) is 0 Å². The van der Waals surface area contributed by atoms with E-state index in [9.17, 15) is 97.0 Å². The summed E-state index contributed by atoms with van der Waals surface area (Å²) in [5, 5.41) is 209. The second-order valence-electron chi connectivity index (χ2n) is 19.8. The fourth-order valence-corrected chi connectivity index (χ4v) is 10.5. The lowest BCUT2D eigenvalue weighted by Gasteiger charge is -2.50. The molecule has 0 unspecified atom stereocenters. The van der Waals surface area contributed by atoms with Gasteiger partial charge in [0.15, 0.2) is 44.0 Å². The molecule has 35 nitrogen and oxygen atoms in total. The molecule has 23 N–H and O–H groups in total. The van der Waals surface area contributed by atoms with E-state index >= 15 is 0 Å². The van der Waals surface area contributed by atoms with E-state index in [0.29, 0.717) is 0 Å². The van der Waals surface area contributed by atoms with Crippen LogP contribution < -0.4 is 11.5 Å². The quantitative estimate of drug-likeness (QED) is 0.113. The van der Waals surface area contributed by atoms with E-state index in [0.717, 1.165) is 0 Å². The van der Waals surface area contributed by atoms with Gasteiger partial charge in [0.05, 0.1) is 58.3 Å². The molecular formula is C42H72N2O33. The minimum atomic E-state index is -2.19. The smallest absolute Gasteiger partial charge is 0.187 e. The average molecular weight is 1130 g/mol. The van der Waals surface area contributed by atoms with E-state index in [-0.39, 0.29) is 0 Å². The lowest BCUT2D eigenvalue weighted by atomic mass is 9.94. The number of rotatable bonds is 7. The van der Waals surface area contributed by atoms with E-state index < -0.39 is 261 Å². The highest BCUT2D eigenvalue weighted by Crippen LogP contribution is 2.38. The molecule has 0 aromatic carbocycles. The van der Waals surface area contributed by atoms with Crippen LogP contribution in [0.15, 0.2) is 0 Å². The molecule has 448 valence electrons. The Morgan fingerprint density at radius 1 is 0.195 bits per heavy atom. The third-order valence-electron chi connectivity index (χ3n) is 15.0. The van der Waals surface area contributed by atoms with Gasteiger partial charge in [-0.2, -0.15) is 0 Å². The van der Waals surface area contributed by atoms with Crippen LogP contribution in [0.5, 0.6) is 0 Å². The first kappa shape index (κ1) is 61.7. The van der Waals surface area contributed by atoms with E-state index in [4.69, 9.17) is 77.8 Å². The van der Waals surface area contributed by atoms with Crippen LogP contribution in [0.25, 0.3) is 0 Å². The predicted molar refractivity (Wildman–Crippen MR) is 232 cm³/mol. The molecule has 21 aliphatic heterocycles. The first-order valence-corrected chi connectivity index (χ1v) is 24.8. The molecule has 0 aliphatic carbocycles. The van der Waals surface area contributed by atoms with Gasteiger partial charge in [0.25, 0.3) is 0 Å². The van der Waals surface area contributed by atoms with Crippen molar-refractivity contribution in [3.63, 3.8) is 0 Å². The molecular weight excluding hydrogens is 1060 g/mol. The van der Waals surface area contributed by atoms with Crippen molar-refractivity contribution in [1.29, 1.82) is 0 Å². The third kappa shape index (κ3) is 12.1. The van der Waals surface area contributed by atoms with Gasteiger partial charge >= 0.3 is 0 Å². The van der Waals surface area contributed by atoms with Crippen LogP contribution in [0, 0.1) is 0 Å². The SMILES string of the molecule is N[C@@H]1[C@@H](O)[C@H]2O[C@H]3[C@H](O)[C@@H](O)[C@@H](O[C@H]4[C@H](O)[C@@H](O)[C@@H](O[C@H]5[C@@H](O)[C@H](O)[C@@H](O[C@H]6[C@@H](O)[C@H](O)[C@@H](O[C@H]7[C@@H](N)[C@H](O)[C@@H](O[C@H]8[C@H](O)[C@@H](O)[C@@H](O[C@@H]1[C@@H](CO)O2)O[C@@H]8CO)O[C@@H]7CO)O[C@@H]6CO)O[C@@H]5CO)O[C@@H]4CO)O[C@@H]3CO. The third-order valence-corrected chi connectivity index (χ3v) is 15.0. The number of hydrogen-bond donors (Lipinski definition) is 21. The van der Waals surface area contributed by atoms with Crippen LogP contribution in [0.3, 0.4) is 0 Å². The van der Waals surface area contributed by atoms with Gasteiger partial charge in [-0.25, -0.2) is 0 Å². The molecule has 21 aliphatic rings. The average Bonchev–Trinajstić information content (AvgIpc) is 3.45. The number of aliphatic hydroxyl groups excluding tert-OH is 19. The zero-order valence-electron chi connectivity index (χ0n) is 40.5. The monoisotopic (exact) mass is 1130 g/mol. The summed E-state index contributed by atoms with van der Waals surface area (Å²) in [5.41, 5.74) is 12.7. The van der Waals surface area contributed by atoms with Crippen molar-refractivity contribution >= 4 is 0 Å². The maximum atomic E-state index is 11.4. The highest BCUT2D eigenvalue weighted by atomic mass is 16.8. The van der Waals surface area contributed by atoms with Crippen LogP contribution in [-0.4, -0.2) is 358 Å². The molecule has 21 saturated heterocycles. The van der Waals surface area contributed by atoms with Crippen molar-refractivity contribution in [1.82, 2.24) is 0 Å². The second kappa shape index (κ2) is 26.0. The Kier molecular flexibility index (Phi) is 20.8. The normalized spacial score (nSPS) is 55.4. The molecule has 14 bridgehead atoms. The summed E-state index contributed by atoms with van der Waals surface area (Å²) in [6.45, 7) is -6.97. The summed E-state index contributed by atoms with van der Waals surface area (Å²) in [7, 11) is 0. The van der Waals surface area contributed by atoms with Gasteiger partial charge in [-0.15, -0.1) is 0 Å². The molecule has 21 heterocycles. The number of nitrogens with two attached hydrogens (primary N) is 2. The predicted octanol–water partition coefficient (Wildman–Crippen LogP) is -15.3. The molecule has 0 radical (unpaired) electrons. The standard InChI is InChI=1S/C42H72N2O33/c43-15-17(52)36-64-9(2-46)30(15)72-39-25(60)20(55)33(12(5-49)67-39)75-41-27(62)22(57)35(14(7-51)69-41)77-42-28(63)23(58)34(13(6-50)70-42)76-40-26(61)21(56)32(11(4-48)68-40)74-37-18(53)16(44)29(8(1-45)65-37)71-38-24(59)19(54)31(73-36)10(3-47)66-38/h8-42,45-63H,1-7,43-44H2/t8-,9-,10-,11-,12-,13-,14-,15+,16-,17+,18-,19-,20+,21-,22+,23-,24-,25+,26-,27+,28-,29-,30-,31-,32-,33-,34-,35-,36-,37-,38-,39-,40-,41-,42-/m1/s1. The minimum absolute atomic E-state index is 0.955. The second-order valence-corrected chi connectivity index (χ2v) is 19.8. The van der Waals surface area contributed by atoms with Crippen molar-refractivity contribution in [3.8, 4) is 0 Å². The maximum Gasteiger partial charge on any atom is 0.187 e. The summed E-state index contributed by atoms with van der Waals surface area (Å²) in [6.07, 6.45) is -63.2. The van der Waals surface area contributed by atoms with Crippen molar-refractivity contribution in [2.24, 2.45) is 11.5 Å². The lowest BCUT2D eigenvalue weighted by molar-refractivity contribution is -0.394. The van der Waals surface area contributed by atoms with Gasteiger partial charge in [0, 0.05) is 0 Å². The van der Waals surface area contributed by atoms with E-state index in [1.807, 2.05) is 0 Å². The van der Waals surface area contributed by atoms with Gasteiger partial charge < -0.3 is 175 Å². The fraction of sp³-hybridized carbons (Fsp3) is 1.00. The number of hydrogen-bond acceptors (Lipinski definition) is 35. The Morgan fingerprint density at radius 3 is 0.506 bits per heavy atom. The van der Waals surface area contributed by atoms with Crippen molar-refractivity contribution in [2.75, 3.05) is 46.2 Å². The summed E-state index contributed by atoms with van der Waals surface area (Å²) in [6, 6.07) is -3.30. The highest BCUT2D eigenvalue weighted by molar-refractivity contribution is 5.02. The largest absolute Gasteiger partial charge is 0.394 e.